The van der Waals surface area contributed by atoms with Crippen molar-refractivity contribution in [1.82, 2.24) is 0 Å². The topological polar surface area (TPSA) is 36.5 Å². The van der Waals surface area contributed by atoms with Gasteiger partial charge in [-0.15, -0.1) is 0 Å². The summed E-state index contributed by atoms with van der Waals surface area (Å²) in [5.74, 6) is 0. The number of allylic oxidation sites excluding steroid dienone is 1. The first-order valence-electron chi connectivity index (χ1n) is 5.76. The lowest BCUT2D eigenvalue weighted by Gasteiger charge is -1.94. The minimum atomic E-state index is 0. The van der Waals surface area contributed by atoms with Gasteiger partial charge < -0.3 is 22.2 Å². The summed E-state index contributed by atoms with van der Waals surface area (Å²) >= 11 is 0. The van der Waals surface area contributed by atoms with Crippen molar-refractivity contribution < 1.29 is 26.8 Å². The summed E-state index contributed by atoms with van der Waals surface area (Å²) in [6, 6.07) is 14.0. The number of pyridine rings is 1. The third-order valence-corrected chi connectivity index (χ3v) is 2.51. The van der Waals surface area contributed by atoms with E-state index in [0.717, 1.165) is 12.1 Å². The summed E-state index contributed by atoms with van der Waals surface area (Å²) in [6.45, 7) is 0.780. The van der Waals surface area contributed by atoms with E-state index in [9.17, 15) is 0 Å². The van der Waals surface area contributed by atoms with Gasteiger partial charge in [0.05, 0.1) is 11.8 Å². The van der Waals surface area contributed by atoms with Crippen molar-refractivity contribution in [3.05, 3.63) is 72.1 Å². The van der Waals surface area contributed by atoms with E-state index in [-0.39, 0.29) is 17.0 Å². The highest BCUT2D eigenvalue weighted by molar-refractivity contribution is 5.77. The van der Waals surface area contributed by atoms with E-state index >= 15 is 0 Å². The first-order valence-corrected chi connectivity index (χ1v) is 5.76. The van der Waals surface area contributed by atoms with E-state index < -0.39 is 0 Å². The molecule has 0 radical (unpaired) electrons. The van der Waals surface area contributed by atoms with Crippen LogP contribution in [0.15, 0.2) is 66.1 Å². The normalized spacial score (nSPS) is 10.7. The van der Waals surface area contributed by atoms with E-state index in [1.165, 1.54) is 11.8 Å². The molecular formula is C15H15BrN2O. The van der Waals surface area contributed by atoms with Gasteiger partial charge in [-0.25, -0.2) is 4.57 Å². The number of halogens is 1. The van der Waals surface area contributed by atoms with Crippen molar-refractivity contribution >= 4 is 12.3 Å². The molecule has 1 aromatic carbocycles. The predicted molar refractivity (Wildman–Crippen MR) is 71.5 cm³/mol. The Hall–Kier alpha value is -1.94. The zero-order valence-corrected chi connectivity index (χ0v) is 11.9. The van der Waals surface area contributed by atoms with E-state index in [2.05, 4.69) is 29.4 Å². The molecule has 0 saturated carbocycles. The van der Waals surface area contributed by atoms with Gasteiger partial charge in [0.1, 0.15) is 0 Å². The quantitative estimate of drug-likeness (QED) is 0.351. The van der Waals surface area contributed by atoms with Crippen LogP contribution in [0.1, 0.15) is 11.1 Å². The summed E-state index contributed by atoms with van der Waals surface area (Å²) < 4.78 is 2.02. The van der Waals surface area contributed by atoms with Crippen LogP contribution in [0.4, 0.5) is 0 Å². The van der Waals surface area contributed by atoms with Gasteiger partial charge >= 0.3 is 0 Å². The zero-order chi connectivity index (χ0) is 12.6. The Morgan fingerprint density at radius 2 is 1.79 bits per heavy atom. The van der Waals surface area contributed by atoms with Crippen molar-refractivity contribution in [3.63, 3.8) is 0 Å². The Kier molecular flexibility index (Phi) is 6.53. The predicted octanol–water partition coefficient (Wildman–Crippen LogP) is -0.500. The third-order valence-electron chi connectivity index (χ3n) is 2.51. The van der Waals surface area contributed by atoms with Crippen LogP contribution in [-0.4, -0.2) is 11.4 Å². The van der Waals surface area contributed by atoms with Crippen LogP contribution in [0, 0.1) is 0 Å². The molecule has 0 spiro atoms. The van der Waals surface area contributed by atoms with Crippen LogP contribution in [0.2, 0.25) is 0 Å². The number of hydrogen-bond donors (Lipinski definition) is 1. The number of aromatic nitrogens is 1. The van der Waals surface area contributed by atoms with Crippen molar-refractivity contribution in [2.75, 3.05) is 0 Å². The maximum atomic E-state index is 8.48. The van der Waals surface area contributed by atoms with Gasteiger partial charge in [0.2, 0.25) is 0 Å². The monoisotopic (exact) mass is 318 g/mol. The average molecular weight is 319 g/mol. The van der Waals surface area contributed by atoms with Gasteiger partial charge in [-0.05, 0) is 17.7 Å². The molecule has 1 heterocycles. The lowest BCUT2D eigenvalue weighted by molar-refractivity contribution is -0.686. The molecule has 0 amide bonds. The maximum Gasteiger partial charge on any atom is 0.178 e. The standard InChI is InChI=1S/C15H14N2O.BrH/c18-16-12-15-9-5-11-17(13-15)10-4-8-14-6-2-1-3-7-14;/h1-9,11-13H,10H2;1H/b8-4+,16-12+;. The molecule has 0 aliphatic rings. The Balaban J connectivity index is 0.00000180. The summed E-state index contributed by atoms with van der Waals surface area (Å²) in [6.07, 6.45) is 9.49. The number of rotatable bonds is 4. The molecule has 0 saturated heterocycles. The van der Waals surface area contributed by atoms with Crippen LogP contribution in [0.5, 0.6) is 0 Å². The molecular weight excluding hydrogens is 304 g/mol. The third kappa shape index (κ3) is 5.06. The Labute approximate surface area is 123 Å². The number of benzene rings is 1. The molecule has 0 fully saturated rings. The second-order valence-electron chi connectivity index (χ2n) is 3.89. The number of hydrogen-bond acceptors (Lipinski definition) is 2. The average Bonchev–Trinajstić information content (AvgIpc) is 2.41. The van der Waals surface area contributed by atoms with Gasteiger partial charge in [0, 0.05) is 6.07 Å². The molecule has 2 rings (SSSR count). The molecule has 0 aliphatic heterocycles. The van der Waals surface area contributed by atoms with Gasteiger partial charge in [0.25, 0.3) is 0 Å². The molecule has 2 aromatic rings. The SMILES string of the molecule is O/N=C/c1ccc[n+](C/C=C/c2ccccc2)c1.[Br-]. The Morgan fingerprint density at radius 3 is 2.53 bits per heavy atom. The summed E-state index contributed by atoms with van der Waals surface area (Å²) in [4.78, 5) is 0. The van der Waals surface area contributed by atoms with E-state index in [0.29, 0.717) is 0 Å². The van der Waals surface area contributed by atoms with Gasteiger partial charge in [-0.1, -0.05) is 41.6 Å². The summed E-state index contributed by atoms with van der Waals surface area (Å²) in [7, 11) is 0. The van der Waals surface area contributed by atoms with Crippen molar-refractivity contribution in [3.8, 4) is 0 Å². The van der Waals surface area contributed by atoms with Gasteiger partial charge in [0.15, 0.2) is 18.9 Å². The maximum absolute atomic E-state index is 8.48. The van der Waals surface area contributed by atoms with Crippen molar-refractivity contribution in [1.29, 1.82) is 0 Å². The molecule has 0 atom stereocenters. The van der Waals surface area contributed by atoms with E-state index in [1.807, 2.05) is 47.3 Å². The highest BCUT2D eigenvalue weighted by Gasteiger charge is 1.98. The molecule has 0 aliphatic carbocycles. The molecule has 4 heteroatoms. The lowest BCUT2D eigenvalue weighted by Crippen LogP contribution is -3.00. The molecule has 1 N–H and O–H groups in total. The smallest absolute Gasteiger partial charge is 0.178 e. The fraction of sp³-hybridized carbons (Fsp3) is 0.0667. The summed E-state index contributed by atoms with van der Waals surface area (Å²) in [5.41, 5.74) is 2.05. The first-order chi connectivity index (χ1) is 8.88. The van der Waals surface area contributed by atoms with Crippen molar-refractivity contribution in [2.45, 2.75) is 6.54 Å². The molecule has 98 valence electrons. The first kappa shape index (κ1) is 15.1. The van der Waals surface area contributed by atoms with Crippen molar-refractivity contribution in [2.24, 2.45) is 5.16 Å². The highest BCUT2D eigenvalue weighted by atomic mass is 79.9. The number of nitrogens with zero attached hydrogens (tertiary/aromatic N) is 2. The molecule has 1 aromatic heterocycles. The van der Waals surface area contributed by atoms with Crippen LogP contribution < -0.4 is 21.5 Å². The lowest BCUT2D eigenvalue weighted by atomic mass is 10.2. The fourth-order valence-electron chi connectivity index (χ4n) is 1.67. The van der Waals surface area contributed by atoms with Gasteiger partial charge in [-0.2, -0.15) is 0 Å². The van der Waals surface area contributed by atoms with Crippen LogP contribution in [-0.2, 0) is 6.54 Å². The minimum Gasteiger partial charge on any atom is -1.00 e. The fourth-order valence-corrected chi connectivity index (χ4v) is 1.67. The summed E-state index contributed by atoms with van der Waals surface area (Å²) in [5, 5.41) is 11.5. The van der Waals surface area contributed by atoms with Crippen LogP contribution in [0.3, 0.4) is 0 Å². The van der Waals surface area contributed by atoms with Gasteiger partial charge in [-0.3, -0.25) is 0 Å². The second-order valence-corrected chi connectivity index (χ2v) is 3.89. The Morgan fingerprint density at radius 1 is 1.05 bits per heavy atom. The highest BCUT2D eigenvalue weighted by Crippen LogP contribution is 2.00. The van der Waals surface area contributed by atoms with Crippen LogP contribution >= 0.6 is 0 Å². The Bertz CT molecular complexity index is 553. The molecule has 0 unspecified atom stereocenters. The molecule has 3 nitrogen and oxygen atoms in total. The zero-order valence-electron chi connectivity index (χ0n) is 10.4. The van der Waals surface area contributed by atoms with Crippen LogP contribution in [0.25, 0.3) is 6.08 Å². The minimum absolute atomic E-state index is 0. The van der Waals surface area contributed by atoms with E-state index in [1.54, 1.807) is 0 Å². The van der Waals surface area contributed by atoms with E-state index in [4.69, 9.17) is 5.21 Å². The number of oxime groups is 1. The second kappa shape index (κ2) is 8.21. The largest absolute Gasteiger partial charge is 1.00 e. The molecule has 19 heavy (non-hydrogen) atoms. The molecule has 0 bridgehead atoms.